The lowest BCUT2D eigenvalue weighted by atomic mass is 9.83. The third-order valence-electron chi connectivity index (χ3n) is 8.64. The first-order valence-corrected chi connectivity index (χ1v) is 17.7. The number of benzene rings is 4. The summed E-state index contributed by atoms with van der Waals surface area (Å²) < 4.78 is 11.5. The van der Waals surface area contributed by atoms with Crippen LogP contribution in [0.3, 0.4) is 0 Å². The van der Waals surface area contributed by atoms with Crippen LogP contribution in [-0.4, -0.2) is 61.2 Å². The molecule has 1 aliphatic rings. The number of carbonyl (C=O) groups excluding carboxylic acids is 2. The van der Waals surface area contributed by atoms with Gasteiger partial charge < -0.3 is 25.4 Å². The number of pyridine rings is 1. The fourth-order valence-corrected chi connectivity index (χ4v) is 7.27. The summed E-state index contributed by atoms with van der Waals surface area (Å²) >= 11 is 7.79. The summed E-state index contributed by atoms with van der Waals surface area (Å²) in [5, 5.41) is 11.2. The van der Waals surface area contributed by atoms with Crippen LogP contribution in [0.1, 0.15) is 29.0 Å². The molecule has 4 unspecified atom stereocenters. The van der Waals surface area contributed by atoms with Crippen LogP contribution in [0, 0.1) is 0 Å². The van der Waals surface area contributed by atoms with Crippen LogP contribution in [0.2, 0.25) is 5.02 Å². The fourth-order valence-electron chi connectivity index (χ4n) is 6.24. The number of nitrogens with one attached hydrogen (secondary N) is 3. The first-order valence-electron chi connectivity index (χ1n) is 16.3. The zero-order chi connectivity index (χ0) is 34.0. The molecule has 3 N–H and O–H groups in total. The van der Waals surface area contributed by atoms with Gasteiger partial charge in [0, 0.05) is 51.9 Å². The minimum Gasteiger partial charge on any atom is -0.453 e. The van der Waals surface area contributed by atoms with E-state index in [9.17, 15) is 9.59 Å². The van der Waals surface area contributed by atoms with Crippen LogP contribution in [0.15, 0.2) is 120 Å². The number of amides is 2. The Hall–Kier alpha value is -4.41. The Kier molecular flexibility index (Phi) is 11.8. The molecule has 0 bridgehead atoms. The van der Waals surface area contributed by atoms with Crippen molar-refractivity contribution in [2.75, 3.05) is 31.3 Å². The van der Waals surface area contributed by atoms with Crippen molar-refractivity contribution in [3.8, 4) is 0 Å². The van der Waals surface area contributed by atoms with Gasteiger partial charge in [0.1, 0.15) is 6.04 Å². The van der Waals surface area contributed by atoms with E-state index in [1.54, 1.807) is 18.0 Å². The number of hydrogen-bond donors (Lipinski definition) is 3. The number of morpholine rings is 1. The minimum absolute atomic E-state index is 0.0319. The third-order valence-corrected chi connectivity index (χ3v) is 10.0. The third kappa shape index (κ3) is 8.99. The number of hydrogen-bond acceptors (Lipinski definition) is 7. The van der Waals surface area contributed by atoms with Crippen molar-refractivity contribution in [1.29, 1.82) is 0 Å². The molecule has 1 aliphatic heterocycles. The Morgan fingerprint density at radius 1 is 0.939 bits per heavy atom. The van der Waals surface area contributed by atoms with Gasteiger partial charge in [-0.3, -0.25) is 9.78 Å². The summed E-state index contributed by atoms with van der Waals surface area (Å²) in [5.41, 5.74) is 4.21. The van der Waals surface area contributed by atoms with Crippen molar-refractivity contribution in [1.82, 2.24) is 15.6 Å². The van der Waals surface area contributed by atoms with E-state index in [1.807, 2.05) is 109 Å². The Balaban J connectivity index is 1.20. The van der Waals surface area contributed by atoms with Gasteiger partial charge >= 0.3 is 6.09 Å². The van der Waals surface area contributed by atoms with Crippen LogP contribution in [-0.2, 0) is 20.7 Å². The lowest BCUT2D eigenvalue weighted by Crippen LogP contribution is -2.48. The van der Waals surface area contributed by atoms with Crippen LogP contribution in [0.4, 0.5) is 10.5 Å². The number of carbonyl (C=O) groups is 2. The summed E-state index contributed by atoms with van der Waals surface area (Å²) in [5.74, 6) is -0.0611. The number of nitrogens with zero attached hydrogens (tertiary/aromatic N) is 1. The van der Waals surface area contributed by atoms with E-state index in [0.717, 1.165) is 62.8 Å². The molecule has 0 aliphatic carbocycles. The molecule has 6 rings (SSSR count). The number of aryl methyl sites for hydroxylation is 1. The van der Waals surface area contributed by atoms with Gasteiger partial charge in [-0.15, -0.1) is 11.8 Å². The average Bonchev–Trinajstić information content (AvgIpc) is 3.14. The van der Waals surface area contributed by atoms with E-state index in [0.29, 0.717) is 12.1 Å². The molecular formula is C39H39ClN4O4S. The Bertz CT molecular complexity index is 1850. The van der Waals surface area contributed by atoms with E-state index in [-0.39, 0.29) is 18.1 Å². The average molecular weight is 695 g/mol. The van der Waals surface area contributed by atoms with Crippen molar-refractivity contribution < 1.29 is 19.1 Å². The second kappa shape index (κ2) is 16.8. The summed E-state index contributed by atoms with van der Waals surface area (Å²) in [4.78, 5) is 32.8. The highest BCUT2D eigenvalue weighted by Gasteiger charge is 2.34. The van der Waals surface area contributed by atoms with Crippen molar-refractivity contribution in [2.45, 2.75) is 41.9 Å². The summed E-state index contributed by atoms with van der Waals surface area (Å²) in [6.45, 7) is 1.56. The van der Waals surface area contributed by atoms with Gasteiger partial charge in [0.25, 0.3) is 0 Å². The number of anilines is 1. The Morgan fingerprint density at radius 3 is 2.49 bits per heavy atom. The molecular weight excluding hydrogens is 656 g/mol. The topological polar surface area (TPSA) is 102 Å². The molecule has 49 heavy (non-hydrogen) atoms. The SMILES string of the molecule is COC(=O)NC(C(=O)Nc1ccccc1CCC1CNCC(CSc2ccc(Cl)cc2)O1)C(c1ccccc1)c1ccnc2ccccc12. The highest BCUT2D eigenvalue weighted by atomic mass is 35.5. The number of ether oxygens (including phenoxy) is 2. The minimum atomic E-state index is -1.00. The zero-order valence-electron chi connectivity index (χ0n) is 27.2. The normalized spacial score (nSPS) is 17.2. The van der Waals surface area contributed by atoms with Crippen LogP contribution >= 0.6 is 23.4 Å². The van der Waals surface area contributed by atoms with E-state index < -0.39 is 18.1 Å². The second-order valence-corrected chi connectivity index (χ2v) is 13.4. The van der Waals surface area contributed by atoms with Crippen LogP contribution < -0.4 is 16.0 Å². The molecule has 5 aromatic rings. The van der Waals surface area contributed by atoms with Gasteiger partial charge in [-0.1, -0.05) is 78.3 Å². The monoisotopic (exact) mass is 694 g/mol. The maximum Gasteiger partial charge on any atom is 0.407 e. The largest absolute Gasteiger partial charge is 0.453 e. The van der Waals surface area contributed by atoms with E-state index >= 15 is 0 Å². The van der Waals surface area contributed by atoms with Gasteiger partial charge in [-0.05, 0) is 72.0 Å². The van der Waals surface area contributed by atoms with Crippen molar-refractivity contribution in [3.05, 3.63) is 137 Å². The Morgan fingerprint density at radius 2 is 1.67 bits per heavy atom. The maximum atomic E-state index is 14.4. The maximum absolute atomic E-state index is 14.4. The predicted molar refractivity (Wildman–Crippen MR) is 196 cm³/mol. The second-order valence-electron chi connectivity index (χ2n) is 11.9. The summed E-state index contributed by atoms with van der Waals surface area (Å²) in [6.07, 6.45) is 2.63. The standard InChI is InChI=1S/C39H39ClN4O4S/c1-47-39(46)44-37(36(27-10-3-2-4-11-27)33-21-22-42-35-14-8-6-12-32(33)35)38(45)43-34-13-7-5-9-26(34)15-18-29-23-41-24-30(48-29)25-49-31-19-16-28(40)17-20-31/h2-14,16-17,19-22,29-30,36-37,41H,15,18,23-25H2,1H3,(H,43,45)(H,44,46). The molecule has 4 atom stereocenters. The number of aromatic nitrogens is 1. The van der Waals surface area contributed by atoms with E-state index in [1.165, 1.54) is 7.11 Å². The molecule has 0 spiro atoms. The van der Waals surface area contributed by atoms with Gasteiger partial charge in [0.05, 0.1) is 24.8 Å². The molecule has 4 aromatic carbocycles. The zero-order valence-corrected chi connectivity index (χ0v) is 28.8. The van der Waals surface area contributed by atoms with Gasteiger partial charge in [-0.25, -0.2) is 4.79 Å². The summed E-state index contributed by atoms with van der Waals surface area (Å²) in [6, 6.07) is 34.1. The van der Waals surface area contributed by atoms with E-state index in [4.69, 9.17) is 21.1 Å². The van der Waals surface area contributed by atoms with Crippen molar-refractivity contribution >= 4 is 52.0 Å². The first-order chi connectivity index (χ1) is 24.0. The molecule has 10 heteroatoms. The number of methoxy groups -OCH3 is 1. The van der Waals surface area contributed by atoms with Crippen LogP contribution in [0.25, 0.3) is 10.9 Å². The molecule has 2 heterocycles. The number of halogens is 1. The number of alkyl carbamates (subject to hydrolysis) is 1. The number of fused-ring (bicyclic) bond motifs is 1. The molecule has 1 aromatic heterocycles. The quantitative estimate of drug-likeness (QED) is 0.117. The molecule has 0 radical (unpaired) electrons. The number of thioether (sulfide) groups is 1. The molecule has 8 nitrogen and oxygen atoms in total. The smallest absolute Gasteiger partial charge is 0.407 e. The van der Waals surface area contributed by atoms with Gasteiger partial charge in [0.15, 0.2) is 0 Å². The molecule has 1 saturated heterocycles. The lowest BCUT2D eigenvalue weighted by molar-refractivity contribution is -0.118. The number of rotatable bonds is 12. The summed E-state index contributed by atoms with van der Waals surface area (Å²) in [7, 11) is 1.29. The highest BCUT2D eigenvalue weighted by molar-refractivity contribution is 7.99. The molecule has 252 valence electrons. The Labute approximate surface area is 296 Å². The first kappa shape index (κ1) is 34.5. The molecule has 2 amide bonds. The van der Waals surface area contributed by atoms with Gasteiger partial charge in [-0.2, -0.15) is 0 Å². The van der Waals surface area contributed by atoms with Crippen molar-refractivity contribution in [3.63, 3.8) is 0 Å². The molecule has 1 fully saturated rings. The fraction of sp³-hybridized carbons (Fsp3) is 0.256. The molecule has 0 saturated carbocycles. The van der Waals surface area contributed by atoms with Gasteiger partial charge in [0.2, 0.25) is 5.91 Å². The van der Waals surface area contributed by atoms with Crippen molar-refractivity contribution in [2.24, 2.45) is 0 Å². The predicted octanol–water partition coefficient (Wildman–Crippen LogP) is 7.47. The van der Waals surface area contributed by atoms with Crippen LogP contribution in [0.5, 0.6) is 0 Å². The van der Waals surface area contributed by atoms with E-state index in [2.05, 4.69) is 20.9 Å². The lowest BCUT2D eigenvalue weighted by Gasteiger charge is -2.31. The number of para-hydroxylation sites is 2. The highest BCUT2D eigenvalue weighted by Crippen LogP contribution is 2.34.